The van der Waals surface area contributed by atoms with Gasteiger partial charge in [0.05, 0.1) is 41.5 Å². The quantitative estimate of drug-likeness (QED) is 0.154. The van der Waals surface area contributed by atoms with Gasteiger partial charge < -0.3 is 29.9 Å². The molecule has 1 aliphatic heterocycles. The maximum absolute atomic E-state index is 15.6. The summed E-state index contributed by atoms with van der Waals surface area (Å²) in [4.78, 5) is 37.8. The van der Waals surface area contributed by atoms with Crippen LogP contribution in [0.5, 0.6) is 0 Å². The molecule has 7 aliphatic rings. The molecule has 2 aromatic rings. The summed E-state index contributed by atoms with van der Waals surface area (Å²) >= 11 is 0. The highest BCUT2D eigenvalue weighted by Gasteiger charge is 2.72. The Bertz CT molecular complexity index is 2010. The van der Waals surface area contributed by atoms with Crippen molar-refractivity contribution in [2.75, 3.05) is 6.54 Å². The van der Waals surface area contributed by atoms with Crippen molar-refractivity contribution in [3.8, 4) is 11.3 Å². The highest BCUT2D eigenvalue weighted by atomic mass is 16.6. The van der Waals surface area contributed by atoms with Gasteiger partial charge in [-0.3, -0.25) is 9.59 Å². The number of likely N-dealkylation sites (tertiary alicyclic amines) is 1. The molecule has 1 amide bonds. The van der Waals surface area contributed by atoms with Crippen LogP contribution in [0.25, 0.3) is 11.3 Å². The molecule has 6 saturated carbocycles. The van der Waals surface area contributed by atoms with Crippen LogP contribution in [-0.4, -0.2) is 67.1 Å². The number of aromatic nitrogens is 2. The maximum Gasteiger partial charge on any atom is 0.307 e. The Balaban J connectivity index is 0.974. The van der Waals surface area contributed by atoms with Crippen molar-refractivity contribution in [1.82, 2.24) is 14.9 Å². The van der Waals surface area contributed by atoms with Crippen molar-refractivity contribution in [3.63, 3.8) is 0 Å². The summed E-state index contributed by atoms with van der Waals surface area (Å²) < 4.78 is 6.65. The number of carbonyl (C=O) groups is 2. The van der Waals surface area contributed by atoms with Gasteiger partial charge in [0, 0.05) is 18.9 Å². The summed E-state index contributed by atoms with van der Waals surface area (Å²) in [6.07, 6.45) is 11.5. The molecule has 7 fully saturated rings. The van der Waals surface area contributed by atoms with Gasteiger partial charge in [-0.05, 0) is 140 Å². The molecule has 5 unspecified atom stereocenters. The number of ether oxygens (including phenoxy) is 1. The van der Waals surface area contributed by atoms with Crippen LogP contribution in [0.1, 0.15) is 144 Å². The van der Waals surface area contributed by atoms with E-state index in [1.54, 1.807) is 0 Å². The average molecular weight is 824 g/mol. The number of carboxylic acids is 1. The molecule has 9 rings (SSSR count). The van der Waals surface area contributed by atoms with Crippen LogP contribution in [0.15, 0.2) is 48.7 Å². The first-order chi connectivity index (χ1) is 28.2. The second kappa shape index (κ2) is 14.3. The van der Waals surface area contributed by atoms with E-state index >= 15 is 4.79 Å². The fourth-order valence-corrected chi connectivity index (χ4v) is 16.7. The minimum atomic E-state index is -0.963. The fraction of sp³-hybridized carbons (Fsp3) is 0.745. The third-order valence-electron chi connectivity index (χ3n) is 20.3. The normalized spacial score (nSPS) is 44.4. The number of hydrogen-bond donors (Lipinski definition) is 4. The molecule has 0 spiro atoms. The van der Waals surface area contributed by atoms with E-state index in [0.29, 0.717) is 43.1 Å². The summed E-state index contributed by atoms with van der Waals surface area (Å²) in [5.74, 6) is 1.48. The van der Waals surface area contributed by atoms with Crippen LogP contribution in [0.3, 0.4) is 0 Å². The van der Waals surface area contributed by atoms with Crippen molar-refractivity contribution in [2.24, 2.45) is 73.9 Å². The number of aliphatic hydroxyl groups excluding tert-OH is 2. The Labute approximate surface area is 358 Å². The minimum Gasteiger partial charge on any atom is -0.481 e. The van der Waals surface area contributed by atoms with Crippen LogP contribution in [0.2, 0.25) is 0 Å². The number of carbonyl (C=O) groups excluding carboxylic acids is 1. The first-order valence-electron chi connectivity index (χ1n) is 23.5. The predicted octanol–water partition coefficient (Wildman–Crippen LogP) is 9.82. The number of nitrogens with zero attached hydrogens (tertiary/aromatic N) is 2. The zero-order valence-corrected chi connectivity index (χ0v) is 37.7. The molecule has 6 aliphatic carbocycles. The number of β-amino-alcohol motifs (C(OH)–C–C–N with tert-alkyl or cyclic N) is 1. The van der Waals surface area contributed by atoms with Crippen LogP contribution in [0, 0.1) is 73.9 Å². The first-order valence-corrected chi connectivity index (χ1v) is 23.5. The number of rotatable bonds is 8. The number of hydrogen-bond acceptors (Lipinski definition) is 6. The van der Waals surface area contributed by atoms with Crippen molar-refractivity contribution in [2.45, 2.75) is 157 Å². The number of carboxylic acid groups (broad SMARTS) is 1. The van der Waals surface area contributed by atoms with Gasteiger partial charge in [0.25, 0.3) is 0 Å². The molecule has 1 aromatic carbocycles. The molecule has 0 radical (unpaired) electrons. The smallest absolute Gasteiger partial charge is 0.307 e. The Kier molecular flexibility index (Phi) is 10.0. The largest absolute Gasteiger partial charge is 0.481 e. The number of H-pyrrole nitrogens is 1. The third kappa shape index (κ3) is 5.89. The molecule has 9 nitrogen and oxygen atoms in total. The van der Waals surface area contributed by atoms with Crippen molar-refractivity contribution in [3.05, 3.63) is 54.5 Å². The zero-order chi connectivity index (χ0) is 42.9. The highest BCUT2D eigenvalue weighted by molar-refractivity contribution is 5.85. The Morgan fingerprint density at radius 1 is 0.883 bits per heavy atom. The molecule has 328 valence electrons. The third-order valence-corrected chi connectivity index (χ3v) is 20.3. The molecule has 1 aromatic heterocycles. The van der Waals surface area contributed by atoms with E-state index in [1.807, 2.05) is 43.1 Å². The number of allylic oxidation sites excluding steroid dienone is 1. The molecule has 9 heteroatoms. The lowest BCUT2D eigenvalue weighted by atomic mass is 9.32. The molecular formula is C51H73N3O6. The van der Waals surface area contributed by atoms with Gasteiger partial charge in [0.15, 0.2) is 6.29 Å². The van der Waals surface area contributed by atoms with E-state index in [2.05, 4.69) is 65.2 Å². The van der Waals surface area contributed by atoms with Crippen LogP contribution >= 0.6 is 0 Å². The number of benzene rings is 1. The van der Waals surface area contributed by atoms with E-state index in [9.17, 15) is 20.1 Å². The van der Waals surface area contributed by atoms with Crippen LogP contribution in [0.4, 0.5) is 0 Å². The van der Waals surface area contributed by atoms with Crippen molar-refractivity contribution in [1.29, 1.82) is 0 Å². The summed E-state index contributed by atoms with van der Waals surface area (Å²) in [5, 5.41) is 32.4. The van der Waals surface area contributed by atoms with E-state index in [-0.39, 0.29) is 51.5 Å². The van der Waals surface area contributed by atoms with E-state index in [4.69, 9.17) is 9.72 Å². The summed E-state index contributed by atoms with van der Waals surface area (Å²) in [5.41, 5.74) is 2.35. The standard InChI is InChI=1S/C51H73N3O6/c1-29(2)32-17-22-51(45(59)54-28-31(55)25-37(54)42-52-27-36(53-42)30-13-11-10-12-14-30)24-23-49(8)33(41(32)51)15-16-39-48(7)20-19-40(47(5,6)38(48)18-21-50(39,49)9)60-44(58)35-26-34(43(56)57)46(35,3)4/h10-14,27,31-35,37-41,44,55,58H,1,15-26,28H2,2-9H3,(H,52,53)(H,56,57)/t31-,32+,33?,34?,35?,37+,38+,39-,40?,41-,44?,48+,49-,50-,51+/m1/s1. The monoisotopic (exact) mass is 824 g/mol. The molecular weight excluding hydrogens is 751 g/mol. The lowest BCUT2D eigenvalue weighted by Gasteiger charge is -2.73. The summed E-state index contributed by atoms with van der Waals surface area (Å²) in [7, 11) is 0. The maximum atomic E-state index is 15.6. The number of amides is 1. The SMILES string of the molecule is C=C(C)[C@@H]1CC[C@]2(C(=O)N3C[C@H](O)C[C@H]3c3ncc(-c4ccccc4)[nH]3)CC[C@]3(C)C(CC[C@@H]4[C@@]5(C)CCC(OC(O)C6CC(C(=O)O)C6(C)C)C(C)(C)[C@@H]5CC[C@]43C)[C@@H]12. The fourth-order valence-electron chi connectivity index (χ4n) is 16.7. The molecule has 1 saturated heterocycles. The van der Waals surface area contributed by atoms with Gasteiger partial charge in [0.2, 0.25) is 5.91 Å². The second-order valence-corrected chi connectivity index (χ2v) is 23.2. The Morgan fingerprint density at radius 3 is 2.30 bits per heavy atom. The van der Waals surface area contributed by atoms with Gasteiger partial charge in [-0.25, -0.2) is 4.98 Å². The topological polar surface area (TPSA) is 136 Å². The van der Waals surface area contributed by atoms with Crippen LogP contribution < -0.4 is 0 Å². The second-order valence-electron chi connectivity index (χ2n) is 23.2. The Hall–Kier alpha value is -3.01. The lowest BCUT2D eigenvalue weighted by molar-refractivity contribution is -0.284. The number of nitrogens with one attached hydrogen (secondary N) is 1. The van der Waals surface area contributed by atoms with E-state index < -0.39 is 35.1 Å². The minimum absolute atomic E-state index is 0.0656. The summed E-state index contributed by atoms with van der Waals surface area (Å²) in [6, 6.07) is 9.88. The van der Waals surface area contributed by atoms with Gasteiger partial charge >= 0.3 is 5.97 Å². The van der Waals surface area contributed by atoms with E-state index in [1.165, 1.54) is 5.57 Å². The number of fused-ring (bicyclic) bond motifs is 7. The van der Waals surface area contributed by atoms with Crippen LogP contribution in [-0.2, 0) is 14.3 Å². The highest BCUT2D eigenvalue weighted by Crippen LogP contribution is 2.78. The molecule has 15 atom stereocenters. The lowest BCUT2D eigenvalue weighted by Crippen LogP contribution is -2.67. The number of aliphatic carboxylic acids is 1. The molecule has 0 bridgehead atoms. The van der Waals surface area contributed by atoms with Crippen molar-refractivity contribution >= 4 is 11.9 Å². The van der Waals surface area contributed by atoms with Gasteiger partial charge in [-0.1, -0.05) is 91.0 Å². The van der Waals surface area contributed by atoms with Crippen molar-refractivity contribution < 1.29 is 29.6 Å². The zero-order valence-electron chi connectivity index (χ0n) is 37.7. The number of imidazole rings is 1. The summed E-state index contributed by atoms with van der Waals surface area (Å²) in [6.45, 7) is 23.6. The molecule has 60 heavy (non-hydrogen) atoms. The predicted molar refractivity (Wildman–Crippen MR) is 232 cm³/mol. The van der Waals surface area contributed by atoms with E-state index in [0.717, 1.165) is 81.3 Å². The first kappa shape index (κ1) is 42.3. The Morgan fingerprint density at radius 2 is 1.62 bits per heavy atom. The number of aromatic amines is 1. The van der Waals surface area contributed by atoms with Gasteiger partial charge in [-0.2, -0.15) is 0 Å². The molecule has 2 heterocycles. The number of aliphatic hydroxyl groups is 2. The van der Waals surface area contributed by atoms with Gasteiger partial charge in [-0.15, -0.1) is 0 Å². The molecule has 4 N–H and O–H groups in total. The van der Waals surface area contributed by atoms with Gasteiger partial charge in [0.1, 0.15) is 5.82 Å². The average Bonchev–Trinajstić information content (AvgIpc) is 3.93.